The molecule has 0 saturated carbocycles. The number of benzene rings is 2. The number of carbonyl (C=O) groups is 2. The van der Waals surface area contributed by atoms with Crippen molar-refractivity contribution >= 4 is 35.0 Å². The van der Waals surface area contributed by atoms with Crippen molar-refractivity contribution in [3.8, 4) is 11.5 Å². The van der Waals surface area contributed by atoms with Gasteiger partial charge in [-0.15, -0.1) is 0 Å². The van der Waals surface area contributed by atoms with Gasteiger partial charge in [-0.05, 0) is 35.9 Å². The Morgan fingerprint density at radius 3 is 2.52 bits per heavy atom. The van der Waals surface area contributed by atoms with Crippen LogP contribution in [0.3, 0.4) is 0 Å². The zero-order valence-corrected chi connectivity index (χ0v) is 16.1. The second-order valence-corrected chi connectivity index (χ2v) is 6.85. The molecule has 0 saturated heterocycles. The number of rotatable bonds is 5. The van der Waals surface area contributed by atoms with Crippen molar-refractivity contribution in [2.24, 2.45) is 0 Å². The van der Waals surface area contributed by atoms with Gasteiger partial charge >= 0.3 is 0 Å². The highest BCUT2D eigenvalue weighted by atomic mass is 35.5. The van der Waals surface area contributed by atoms with E-state index in [2.05, 4.69) is 5.32 Å². The fourth-order valence-corrected chi connectivity index (χ4v) is 2.88. The molecule has 2 amide bonds. The fourth-order valence-electron chi connectivity index (χ4n) is 2.58. The molecule has 0 bridgehead atoms. The normalized spacial score (nSPS) is 12.4. The Labute approximate surface area is 167 Å². The topological polar surface area (TPSA) is 67.9 Å². The molecular formula is C19H18Cl2N2O4. The molecular weight excluding hydrogens is 391 g/mol. The van der Waals surface area contributed by atoms with E-state index in [4.69, 9.17) is 32.7 Å². The summed E-state index contributed by atoms with van der Waals surface area (Å²) in [5.74, 6) is 0.758. The lowest BCUT2D eigenvalue weighted by atomic mass is 10.2. The average molecular weight is 409 g/mol. The van der Waals surface area contributed by atoms with Crippen LogP contribution in [0.1, 0.15) is 15.9 Å². The van der Waals surface area contributed by atoms with Crippen molar-refractivity contribution in [3.05, 3.63) is 57.6 Å². The minimum absolute atomic E-state index is 0.125. The molecule has 1 aliphatic heterocycles. The van der Waals surface area contributed by atoms with Gasteiger partial charge in [-0.2, -0.15) is 0 Å². The summed E-state index contributed by atoms with van der Waals surface area (Å²) in [5, 5.41) is 3.23. The summed E-state index contributed by atoms with van der Waals surface area (Å²) >= 11 is 11.7. The van der Waals surface area contributed by atoms with Crippen LogP contribution in [0.15, 0.2) is 36.4 Å². The second-order valence-electron chi connectivity index (χ2n) is 6.04. The molecule has 142 valence electrons. The maximum absolute atomic E-state index is 12.3. The molecule has 27 heavy (non-hydrogen) atoms. The van der Waals surface area contributed by atoms with E-state index < -0.39 is 5.91 Å². The Hall–Kier alpha value is -2.44. The summed E-state index contributed by atoms with van der Waals surface area (Å²) in [6.45, 7) is 1.30. The molecule has 0 atom stereocenters. The van der Waals surface area contributed by atoms with Gasteiger partial charge in [0.25, 0.3) is 5.91 Å². The van der Waals surface area contributed by atoms with Crippen LogP contribution in [-0.2, 0) is 11.3 Å². The zero-order valence-electron chi connectivity index (χ0n) is 14.6. The molecule has 1 aliphatic rings. The van der Waals surface area contributed by atoms with Crippen molar-refractivity contribution in [3.63, 3.8) is 0 Å². The predicted molar refractivity (Wildman–Crippen MR) is 103 cm³/mol. The number of amides is 2. The highest BCUT2D eigenvalue weighted by molar-refractivity contribution is 6.42. The van der Waals surface area contributed by atoms with E-state index in [1.54, 1.807) is 13.1 Å². The van der Waals surface area contributed by atoms with Gasteiger partial charge in [-0.1, -0.05) is 29.3 Å². The van der Waals surface area contributed by atoms with Crippen molar-refractivity contribution in [2.45, 2.75) is 6.54 Å². The standard InChI is InChI=1S/C19H18Cl2N2O4/c1-23(11-12-2-5-16-17(8-12)27-7-6-26-16)18(24)10-22-19(25)13-3-4-14(20)15(21)9-13/h2-5,8-9H,6-7,10-11H2,1H3,(H,22,25). The highest BCUT2D eigenvalue weighted by Gasteiger charge is 2.15. The maximum Gasteiger partial charge on any atom is 0.251 e. The van der Waals surface area contributed by atoms with Gasteiger partial charge in [0.05, 0.1) is 16.6 Å². The summed E-state index contributed by atoms with van der Waals surface area (Å²) in [6.07, 6.45) is 0. The molecule has 0 unspecified atom stereocenters. The van der Waals surface area contributed by atoms with Crippen LogP contribution < -0.4 is 14.8 Å². The SMILES string of the molecule is CN(Cc1ccc2c(c1)OCCO2)C(=O)CNC(=O)c1ccc(Cl)c(Cl)c1. The number of ether oxygens (including phenoxy) is 2. The highest BCUT2D eigenvalue weighted by Crippen LogP contribution is 2.31. The van der Waals surface area contributed by atoms with E-state index >= 15 is 0 Å². The minimum Gasteiger partial charge on any atom is -0.486 e. The number of hydrogen-bond acceptors (Lipinski definition) is 4. The number of hydrogen-bond donors (Lipinski definition) is 1. The molecule has 3 rings (SSSR count). The Morgan fingerprint density at radius 2 is 1.78 bits per heavy atom. The van der Waals surface area contributed by atoms with Crippen molar-refractivity contribution in [2.75, 3.05) is 26.8 Å². The second kappa shape index (κ2) is 8.50. The molecule has 1 heterocycles. The molecule has 0 spiro atoms. The first-order chi connectivity index (χ1) is 12.9. The number of fused-ring (bicyclic) bond motifs is 1. The van der Waals surface area contributed by atoms with Gasteiger partial charge in [-0.25, -0.2) is 0 Å². The first-order valence-corrected chi connectivity index (χ1v) is 9.05. The van der Waals surface area contributed by atoms with Gasteiger partial charge in [0.2, 0.25) is 5.91 Å². The maximum atomic E-state index is 12.3. The van der Waals surface area contributed by atoms with Crippen LogP contribution in [-0.4, -0.2) is 43.5 Å². The molecule has 0 aliphatic carbocycles. The lowest BCUT2D eigenvalue weighted by Gasteiger charge is -2.21. The van der Waals surface area contributed by atoms with Crippen molar-refractivity contribution in [1.82, 2.24) is 10.2 Å². The number of nitrogens with zero attached hydrogens (tertiary/aromatic N) is 1. The van der Waals surface area contributed by atoms with Gasteiger partial charge in [0.15, 0.2) is 11.5 Å². The molecule has 0 radical (unpaired) electrons. The lowest BCUT2D eigenvalue weighted by Crippen LogP contribution is -2.37. The average Bonchev–Trinajstić information content (AvgIpc) is 2.67. The smallest absolute Gasteiger partial charge is 0.251 e. The summed E-state index contributed by atoms with van der Waals surface area (Å²) in [7, 11) is 1.67. The summed E-state index contributed by atoms with van der Waals surface area (Å²) in [6, 6.07) is 10.1. The first kappa shape index (κ1) is 19.3. The molecule has 0 aromatic heterocycles. The van der Waals surface area contributed by atoms with Crippen molar-refractivity contribution in [1.29, 1.82) is 0 Å². The Kier molecular flexibility index (Phi) is 6.08. The Morgan fingerprint density at radius 1 is 1.04 bits per heavy atom. The van der Waals surface area contributed by atoms with Crippen LogP contribution in [0.25, 0.3) is 0 Å². The van der Waals surface area contributed by atoms with E-state index in [1.165, 1.54) is 17.0 Å². The van der Waals surface area contributed by atoms with E-state index in [0.29, 0.717) is 41.8 Å². The molecule has 8 heteroatoms. The van der Waals surface area contributed by atoms with Crippen LogP contribution in [0.2, 0.25) is 10.0 Å². The van der Waals surface area contributed by atoms with Gasteiger partial charge in [0.1, 0.15) is 13.2 Å². The Bertz CT molecular complexity index is 873. The molecule has 6 nitrogen and oxygen atoms in total. The number of carbonyl (C=O) groups excluding carboxylic acids is 2. The first-order valence-electron chi connectivity index (χ1n) is 8.30. The number of halogens is 2. The number of likely N-dealkylation sites (N-methyl/N-ethyl adjacent to an activating group) is 1. The summed E-state index contributed by atoms with van der Waals surface area (Å²) < 4.78 is 11.0. The van der Waals surface area contributed by atoms with Gasteiger partial charge in [0, 0.05) is 19.2 Å². The molecule has 0 fully saturated rings. The summed E-state index contributed by atoms with van der Waals surface area (Å²) in [5.41, 5.74) is 1.25. The largest absolute Gasteiger partial charge is 0.486 e. The van der Waals surface area contributed by atoms with Crippen LogP contribution >= 0.6 is 23.2 Å². The van der Waals surface area contributed by atoms with Crippen LogP contribution in [0, 0.1) is 0 Å². The van der Waals surface area contributed by atoms with Crippen molar-refractivity contribution < 1.29 is 19.1 Å². The third-order valence-electron chi connectivity index (χ3n) is 4.03. The van der Waals surface area contributed by atoms with E-state index in [0.717, 1.165) is 5.56 Å². The van der Waals surface area contributed by atoms with E-state index in [9.17, 15) is 9.59 Å². The Balaban J connectivity index is 1.54. The van der Waals surface area contributed by atoms with Crippen LogP contribution in [0.5, 0.6) is 11.5 Å². The third-order valence-corrected chi connectivity index (χ3v) is 4.77. The van der Waals surface area contributed by atoms with E-state index in [-0.39, 0.29) is 17.5 Å². The lowest BCUT2D eigenvalue weighted by molar-refractivity contribution is -0.129. The molecule has 2 aromatic carbocycles. The monoisotopic (exact) mass is 408 g/mol. The fraction of sp³-hybridized carbons (Fsp3) is 0.263. The molecule has 2 aromatic rings. The minimum atomic E-state index is -0.394. The van der Waals surface area contributed by atoms with Gasteiger partial charge in [-0.3, -0.25) is 9.59 Å². The van der Waals surface area contributed by atoms with Crippen LogP contribution in [0.4, 0.5) is 0 Å². The van der Waals surface area contributed by atoms with E-state index in [1.807, 2.05) is 18.2 Å². The number of nitrogens with one attached hydrogen (secondary N) is 1. The molecule has 1 N–H and O–H groups in total. The quantitative estimate of drug-likeness (QED) is 0.824. The predicted octanol–water partition coefficient (Wildman–Crippen LogP) is 3.15. The summed E-state index contributed by atoms with van der Waals surface area (Å²) in [4.78, 5) is 26.0. The zero-order chi connectivity index (χ0) is 19.4. The third kappa shape index (κ3) is 4.84. The van der Waals surface area contributed by atoms with Gasteiger partial charge < -0.3 is 19.7 Å².